The van der Waals surface area contributed by atoms with E-state index in [0.29, 0.717) is 11.6 Å². The number of likely N-dealkylation sites (tertiary alicyclic amines) is 1. The predicted molar refractivity (Wildman–Crippen MR) is 122 cm³/mol. The van der Waals surface area contributed by atoms with Crippen molar-refractivity contribution in [2.45, 2.75) is 39.0 Å². The third-order valence-corrected chi connectivity index (χ3v) is 8.41. The highest BCUT2D eigenvalue weighted by Crippen LogP contribution is 2.43. The molecule has 162 valence electrons. The first-order valence-corrected chi connectivity index (χ1v) is 12.4. The first kappa shape index (κ1) is 19.3. The summed E-state index contributed by atoms with van der Waals surface area (Å²) in [6.07, 6.45) is 7.78. The zero-order valence-electron chi connectivity index (χ0n) is 17.9. The fourth-order valence-electron chi connectivity index (χ4n) is 5.73. The summed E-state index contributed by atoms with van der Waals surface area (Å²) in [7, 11) is 0. The van der Waals surface area contributed by atoms with E-state index in [2.05, 4.69) is 16.8 Å². The molecule has 4 heterocycles. The summed E-state index contributed by atoms with van der Waals surface area (Å²) in [6, 6.07) is 4.56. The molecule has 1 amide bonds. The van der Waals surface area contributed by atoms with Crippen LogP contribution >= 0.6 is 11.3 Å². The maximum absolute atomic E-state index is 13.2. The zero-order valence-corrected chi connectivity index (χ0v) is 18.7. The molecule has 2 bridgehead atoms. The van der Waals surface area contributed by atoms with Crippen LogP contribution < -0.4 is 4.90 Å². The molecule has 6 rings (SSSR count). The summed E-state index contributed by atoms with van der Waals surface area (Å²) < 4.78 is 6.36. The van der Waals surface area contributed by atoms with E-state index >= 15 is 0 Å². The summed E-state index contributed by atoms with van der Waals surface area (Å²) in [5.74, 6) is 2.33. The van der Waals surface area contributed by atoms with Crippen molar-refractivity contribution in [2.75, 3.05) is 31.1 Å². The molecule has 2 atom stereocenters. The molecule has 3 aromatic rings. The fraction of sp³-hybridized carbons (Fsp3) is 0.542. The highest BCUT2D eigenvalue weighted by molar-refractivity contribution is 7.13. The number of thiazole rings is 1. The molecule has 2 saturated heterocycles. The van der Waals surface area contributed by atoms with E-state index < -0.39 is 0 Å². The Morgan fingerprint density at radius 1 is 1.13 bits per heavy atom. The van der Waals surface area contributed by atoms with Crippen LogP contribution in [0.3, 0.4) is 0 Å². The summed E-state index contributed by atoms with van der Waals surface area (Å²) in [4.78, 5) is 26.9. The average molecular weight is 437 g/mol. The van der Waals surface area contributed by atoms with Crippen LogP contribution in [0.1, 0.15) is 49.4 Å². The van der Waals surface area contributed by atoms with E-state index in [1.54, 1.807) is 17.5 Å². The van der Waals surface area contributed by atoms with Crippen LogP contribution in [0.2, 0.25) is 0 Å². The Morgan fingerprint density at radius 3 is 2.61 bits per heavy atom. The summed E-state index contributed by atoms with van der Waals surface area (Å²) in [6.45, 7) is 6.09. The number of benzene rings is 1. The van der Waals surface area contributed by atoms with Crippen molar-refractivity contribution in [3.05, 3.63) is 29.3 Å². The molecule has 0 radical (unpaired) electrons. The van der Waals surface area contributed by atoms with Gasteiger partial charge in [-0.05, 0) is 62.0 Å². The normalized spacial score (nSPS) is 26.0. The van der Waals surface area contributed by atoms with Crippen molar-refractivity contribution in [1.29, 1.82) is 0 Å². The van der Waals surface area contributed by atoms with Gasteiger partial charge in [-0.1, -0.05) is 6.92 Å². The summed E-state index contributed by atoms with van der Waals surface area (Å²) >= 11 is 1.57. The minimum atomic E-state index is 0.0915. The number of fused-ring (bicyclic) bond motifs is 3. The molecule has 7 heteroatoms. The maximum atomic E-state index is 13.2. The van der Waals surface area contributed by atoms with Gasteiger partial charge in [0.2, 0.25) is 0 Å². The second-order valence-corrected chi connectivity index (χ2v) is 10.3. The number of aromatic nitrogens is 2. The minimum Gasteiger partial charge on any atom is -0.423 e. The lowest BCUT2D eigenvalue weighted by Crippen LogP contribution is -2.41. The van der Waals surface area contributed by atoms with Gasteiger partial charge in [0, 0.05) is 43.3 Å². The Balaban J connectivity index is 1.40. The molecule has 2 aliphatic heterocycles. The van der Waals surface area contributed by atoms with Gasteiger partial charge in [-0.3, -0.25) is 4.79 Å². The van der Waals surface area contributed by atoms with E-state index in [4.69, 9.17) is 9.40 Å². The Morgan fingerprint density at radius 2 is 1.90 bits per heavy atom. The Hall–Kier alpha value is -2.41. The van der Waals surface area contributed by atoms with Gasteiger partial charge < -0.3 is 14.2 Å². The minimum absolute atomic E-state index is 0.0915. The monoisotopic (exact) mass is 436 g/mol. The molecule has 31 heavy (non-hydrogen) atoms. The topological polar surface area (TPSA) is 62.5 Å². The van der Waals surface area contributed by atoms with Crippen LogP contribution in [-0.4, -0.2) is 47.0 Å². The maximum Gasteiger partial charge on any atom is 0.298 e. The van der Waals surface area contributed by atoms with E-state index in [1.807, 2.05) is 22.4 Å². The van der Waals surface area contributed by atoms with Crippen molar-refractivity contribution in [1.82, 2.24) is 14.9 Å². The smallest absolute Gasteiger partial charge is 0.298 e. The highest BCUT2D eigenvalue weighted by atomic mass is 32.1. The van der Waals surface area contributed by atoms with E-state index in [0.717, 1.165) is 78.4 Å². The van der Waals surface area contributed by atoms with E-state index in [9.17, 15) is 4.79 Å². The van der Waals surface area contributed by atoms with E-state index in [1.165, 1.54) is 19.3 Å². The summed E-state index contributed by atoms with van der Waals surface area (Å²) in [5.41, 5.74) is 3.06. The van der Waals surface area contributed by atoms with Crippen LogP contribution in [0.15, 0.2) is 28.1 Å². The first-order valence-electron chi connectivity index (χ1n) is 11.6. The largest absolute Gasteiger partial charge is 0.423 e. The van der Waals surface area contributed by atoms with Gasteiger partial charge in [0.15, 0.2) is 5.58 Å². The third-order valence-electron chi connectivity index (χ3n) is 7.61. The molecular weight excluding hydrogens is 408 g/mol. The quantitative estimate of drug-likeness (QED) is 0.574. The molecule has 3 fully saturated rings. The third kappa shape index (κ3) is 3.34. The predicted octanol–water partition coefficient (Wildman–Crippen LogP) is 5.06. The molecule has 0 N–H and O–H groups in total. The van der Waals surface area contributed by atoms with Crippen LogP contribution in [0.5, 0.6) is 0 Å². The molecule has 2 unspecified atom stereocenters. The van der Waals surface area contributed by atoms with Crippen molar-refractivity contribution in [2.24, 2.45) is 17.8 Å². The average Bonchev–Trinajstić information content (AvgIpc) is 3.51. The van der Waals surface area contributed by atoms with Gasteiger partial charge in [-0.2, -0.15) is 4.98 Å². The number of rotatable bonds is 3. The van der Waals surface area contributed by atoms with Crippen molar-refractivity contribution >= 4 is 34.4 Å². The molecule has 1 aliphatic carbocycles. The first-order chi connectivity index (χ1) is 15.2. The number of oxazole rings is 1. The summed E-state index contributed by atoms with van der Waals surface area (Å²) in [5, 5.41) is 2.83. The Labute approximate surface area is 186 Å². The standard InChI is InChI=1S/C24H28N4O2S/c1-15-16-5-6-17(15)14-28(13-16)24-26-20-12-18(23(29)27-8-3-2-4-9-27)11-19(21(20)30-24)22-25-7-10-31-22/h7,10-12,15-17H,2-6,8-9,13-14H2,1H3. The number of carbonyl (C=O) groups excluding carboxylic acids is 1. The molecule has 2 aromatic heterocycles. The van der Waals surface area contributed by atoms with Crippen LogP contribution in [-0.2, 0) is 0 Å². The number of hydrogen-bond acceptors (Lipinski definition) is 6. The number of hydrogen-bond donors (Lipinski definition) is 0. The lowest BCUT2D eigenvalue weighted by molar-refractivity contribution is 0.0724. The van der Waals surface area contributed by atoms with Crippen LogP contribution in [0, 0.1) is 17.8 Å². The second-order valence-electron chi connectivity index (χ2n) is 9.42. The number of nitrogens with zero attached hydrogens (tertiary/aromatic N) is 4. The molecule has 1 saturated carbocycles. The lowest BCUT2D eigenvalue weighted by atomic mass is 9.87. The van der Waals surface area contributed by atoms with Crippen molar-refractivity contribution < 1.29 is 9.21 Å². The molecule has 3 aliphatic rings. The van der Waals surface area contributed by atoms with Gasteiger partial charge in [0.05, 0.1) is 5.56 Å². The van der Waals surface area contributed by atoms with E-state index in [-0.39, 0.29) is 5.91 Å². The number of anilines is 1. The van der Waals surface area contributed by atoms with Gasteiger partial charge in [0.1, 0.15) is 10.5 Å². The molecule has 1 aromatic carbocycles. The lowest BCUT2D eigenvalue weighted by Gasteiger charge is -2.35. The van der Waals surface area contributed by atoms with Crippen molar-refractivity contribution in [3.63, 3.8) is 0 Å². The molecule has 6 nitrogen and oxygen atoms in total. The van der Waals surface area contributed by atoms with Gasteiger partial charge in [0.25, 0.3) is 11.9 Å². The number of amides is 1. The van der Waals surface area contributed by atoms with Crippen LogP contribution in [0.25, 0.3) is 21.7 Å². The van der Waals surface area contributed by atoms with Gasteiger partial charge in [-0.25, -0.2) is 4.98 Å². The van der Waals surface area contributed by atoms with Crippen molar-refractivity contribution in [3.8, 4) is 10.6 Å². The Bertz CT molecular complexity index is 1090. The zero-order chi connectivity index (χ0) is 20.9. The molecule has 0 spiro atoms. The number of carbonyl (C=O) groups is 1. The molecular formula is C24H28N4O2S. The Kier molecular flexibility index (Phi) is 4.74. The number of piperidine rings is 2. The van der Waals surface area contributed by atoms with Gasteiger partial charge in [-0.15, -0.1) is 11.3 Å². The fourth-order valence-corrected chi connectivity index (χ4v) is 6.38. The van der Waals surface area contributed by atoms with Crippen LogP contribution in [0.4, 0.5) is 6.01 Å². The van der Waals surface area contributed by atoms with Gasteiger partial charge >= 0.3 is 0 Å². The second kappa shape index (κ2) is 7.62. The highest BCUT2D eigenvalue weighted by Gasteiger charge is 2.40. The SMILES string of the molecule is CC1C2CCC1CN(c1nc3cc(C(=O)N4CCCCC4)cc(-c4nccs4)c3o1)C2.